The largest absolute Gasteiger partial charge is 0.321 e. The Bertz CT molecular complexity index is 2300. The fourth-order valence-electron chi connectivity index (χ4n) is 5.26. The maximum absolute atomic E-state index is 14.6. The highest BCUT2D eigenvalue weighted by Crippen LogP contribution is 2.40. The number of aryl methyl sites for hydroxylation is 1. The molecule has 3 N–H and O–H groups in total. The van der Waals surface area contributed by atoms with Gasteiger partial charge in [0, 0.05) is 32.7 Å². The summed E-state index contributed by atoms with van der Waals surface area (Å²) >= 11 is 2.57. The second-order valence-corrected chi connectivity index (χ2v) is 13.7. The number of thioether (sulfide) groups is 1. The van der Waals surface area contributed by atoms with Crippen LogP contribution in [-0.2, 0) is 9.59 Å². The van der Waals surface area contributed by atoms with Crippen LogP contribution in [0.15, 0.2) is 149 Å². The van der Waals surface area contributed by atoms with E-state index in [1.54, 1.807) is 54.6 Å². The first-order valence-electron chi connectivity index (χ1n) is 16.1. The van der Waals surface area contributed by atoms with Gasteiger partial charge < -0.3 is 16.0 Å². The smallest absolute Gasteiger partial charge is 0.272 e. The monoisotopic (exact) mass is 722 g/mol. The van der Waals surface area contributed by atoms with Gasteiger partial charge in [-0.1, -0.05) is 103 Å². The maximum atomic E-state index is 14.6. The summed E-state index contributed by atoms with van der Waals surface area (Å²) in [7, 11) is 0. The molecular weight excluding hydrogens is 692 g/mol. The van der Waals surface area contributed by atoms with Crippen molar-refractivity contribution in [2.24, 2.45) is 0 Å². The van der Waals surface area contributed by atoms with Crippen molar-refractivity contribution in [2.75, 3.05) is 10.6 Å². The Labute approximate surface area is 308 Å². The van der Waals surface area contributed by atoms with Gasteiger partial charge in [0.15, 0.2) is 0 Å². The molecule has 0 bridgehead atoms. The van der Waals surface area contributed by atoms with E-state index in [0.717, 1.165) is 22.3 Å². The number of hydrogen-bond donors (Lipinski definition) is 3. The van der Waals surface area contributed by atoms with Gasteiger partial charge in [0.1, 0.15) is 27.8 Å². The highest BCUT2D eigenvalue weighted by molar-refractivity contribution is 8.00. The molecule has 6 aromatic rings. The van der Waals surface area contributed by atoms with Gasteiger partial charge in [0.2, 0.25) is 5.91 Å². The molecule has 0 saturated heterocycles. The van der Waals surface area contributed by atoms with E-state index in [0.29, 0.717) is 26.7 Å². The molecule has 1 heterocycles. The first-order valence-corrected chi connectivity index (χ1v) is 17.9. The average molecular weight is 723 g/mol. The van der Waals surface area contributed by atoms with Crippen molar-refractivity contribution in [3.05, 3.63) is 178 Å². The molecule has 256 valence electrons. The minimum absolute atomic E-state index is 0.123. The van der Waals surface area contributed by atoms with Crippen molar-refractivity contribution >= 4 is 57.6 Å². The second kappa shape index (κ2) is 16.6. The lowest BCUT2D eigenvalue weighted by atomic mass is 10.0. The molecule has 0 fully saturated rings. The highest BCUT2D eigenvalue weighted by atomic mass is 32.2. The Morgan fingerprint density at radius 3 is 2.23 bits per heavy atom. The molecule has 5 aromatic carbocycles. The molecule has 7 nitrogen and oxygen atoms in total. The van der Waals surface area contributed by atoms with Crippen molar-refractivity contribution in [1.82, 2.24) is 5.32 Å². The van der Waals surface area contributed by atoms with E-state index in [1.807, 2.05) is 73.0 Å². The van der Waals surface area contributed by atoms with Gasteiger partial charge in [-0.3, -0.25) is 14.4 Å². The lowest BCUT2D eigenvalue weighted by Crippen LogP contribution is -2.30. The van der Waals surface area contributed by atoms with Crippen molar-refractivity contribution in [1.29, 1.82) is 5.26 Å². The Kier molecular flexibility index (Phi) is 11.4. The van der Waals surface area contributed by atoms with Gasteiger partial charge >= 0.3 is 0 Å². The van der Waals surface area contributed by atoms with Crippen LogP contribution in [-0.4, -0.2) is 17.7 Å². The SMILES string of the molecule is Cc1ccc(-c2csc(NC(=O)C(Sc3cccc(NC(=O)/C(=C/c4ccccc4F)NC(=O)c4ccccc4)c3)c3ccccc3)c2C#N)cc1. The predicted molar refractivity (Wildman–Crippen MR) is 206 cm³/mol. The molecule has 1 aromatic heterocycles. The number of amides is 3. The summed E-state index contributed by atoms with van der Waals surface area (Å²) in [6.07, 6.45) is 1.28. The van der Waals surface area contributed by atoms with E-state index < -0.39 is 22.9 Å². The van der Waals surface area contributed by atoms with E-state index in [1.165, 1.54) is 47.4 Å². The number of hydrogen-bond acceptors (Lipinski definition) is 6. The molecule has 1 atom stereocenters. The van der Waals surface area contributed by atoms with Crippen LogP contribution in [0.25, 0.3) is 17.2 Å². The Morgan fingerprint density at radius 1 is 0.827 bits per heavy atom. The number of benzene rings is 5. The molecule has 52 heavy (non-hydrogen) atoms. The van der Waals surface area contributed by atoms with Crippen molar-refractivity contribution < 1.29 is 18.8 Å². The number of halogens is 1. The number of rotatable bonds is 11. The first-order chi connectivity index (χ1) is 25.3. The third kappa shape index (κ3) is 8.71. The zero-order valence-corrected chi connectivity index (χ0v) is 29.4. The van der Waals surface area contributed by atoms with Gasteiger partial charge in [-0.15, -0.1) is 23.1 Å². The average Bonchev–Trinajstić information content (AvgIpc) is 3.57. The number of nitrogens with one attached hydrogen (secondary N) is 3. The maximum Gasteiger partial charge on any atom is 0.272 e. The lowest BCUT2D eigenvalue weighted by Gasteiger charge is -2.17. The van der Waals surface area contributed by atoms with E-state index >= 15 is 0 Å². The summed E-state index contributed by atoms with van der Waals surface area (Å²) in [5.74, 6) is -2.08. The van der Waals surface area contributed by atoms with Gasteiger partial charge in [0.25, 0.3) is 11.8 Å². The molecule has 1 unspecified atom stereocenters. The van der Waals surface area contributed by atoms with E-state index in [2.05, 4.69) is 22.0 Å². The minimum atomic E-state index is -0.717. The molecule has 0 radical (unpaired) electrons. The summed E-state index contributed by atoms with van der Waals surface area (Å²) in [6.45, 7) is 1.99. The van der Waals surface area contributed by atoms with Gasteiger partial charge in [-0.2, -0.15) is 5.26 Å². The minimum Gasteiger partial charge on any atom is -0.321 e. The predicted octanol–water partition coefficient (Wildman–Crippen LogP) is 9.62. The molecule has 0 aliphatic heterocycles. The molecule has 0 spiro atoms. The summed E-state index contributed by atoms with van der Waals surface area (Å²) in [5.41, 5.74) is 4.56. The first kappa shape index (κ1) is 35.5. The summed E-state index contributed by atoms with van der Waals surface area (Å²) < 4.78 is 14.6. The zero-order valence-electron chi connectivity index (χ0n) is 27.8. The standard InChI is InChI=1S/C42H31FN4O3S2/c1-27-19-21-28(22-20-27)35-26-51-42(34(35)25-44)47-41(50)38(29-11-4-2-5-12-29)52-33-17-10-16-32(24-33)45-40(49)37(23-31-15-8-9-18-36(31)43)46-39(48)30-13-6-3-7-14-30/h2-24,26,38H,1H3,(H,45,49)(H,46,48)(H,47,50)/b37-23-. The van der Waals surface area contributed by atoms with E-state index in [9.17, 15) is 24.0 Å². The summed E-state index contributed by atoms with van der Waals surface area (Å²) in [5, 5.41) is 20.1. The topological polar surface area (TPSA) is 111 Å². The van der Waals surface area contributed by atoms with E-state index in [-0.39, 0.29) is 17.2 Å². The Hall–Kier alpha value is -6.28. The fourth-order valence-corrected chi connectivity index (χ4v) is 7.26. The fraction of sp³-hybridized carbons (Fsp3) is 0.0476. The van der Waals surface area contributed by atoms with Crippen LogP contribution in [0.2, 0.25) is 0 Å². The molecule has 10 heteroatoms. The molecule has 6 rings (SSSR count). The number of anilines is 2. The molecule has 0 aliphatic carbocycles. The van der Waals surface area contributed by atoms with Crippen molar-refractivity contribution in [3.8, 4) is 17.2 Å². The van der Waals surface area contributed by atoms with Crippen LogP contribution in [0.5, 0.6) is 0 Å². The van der Waals surface area contributed by atoms with Crippen molar-refractivity contribution in [3.63, 3.8) is 0 Å². The Balaban J connectivity index is 1.24. The third-order valence-electron chi connectivity index (χ3n) is 7.92. The molecule has 0 aliphatic rings. The highest BCUT2D eigenvalue weighted by Gasteiger charge is 2.25. The quantitative estimate of drug-likeness (QED) is 0.0911. The van der Waals surface area contributed by atoms with E-state index in [4.69, 9.17) is 0 Å². The van der Waals surface area contributed by atoms with Crippen LogP contribution in [0.4, 0.5) is 15.1 Å². The normalized spacial score (nSPS) is 11.6. The number of nitriles is 1. The van der Waals surface area contributed by atoms with Crippen LogP contribution < -0.4 is 16.0 Å². The van der Waals surface area contributed by atoms with Crippen LogP contribution in [0.1, 0.15) is 37.9 Å². The Morgan fingerprint density at radius 2 is 1.52 bits per heavy atom. The van der Waals surface area contributed by atoms with Crippen LogP contribution in [0, 0.1) is 24.1 Å². The summed E-state index contributed by atoms with van der Waals surface area (Å²) in [6, 6.07) is 40.7. The van der Waals surface area contributed by atoms with Gasteiger partial charge in [-0.25, -0.2) is 4.39 Å². The third-order valence-corrected chi connectivity index (χ3v) is 10.1. The van der Waals surface area contributed by atoms with Crippen LogP contribution in [0.3, 0.4) is 0 Å². The molecule has 0 saturated carbocycles. The zero-order chi connectivity index (χ0) is 36.5. The number of nitrogens with zero attached hydrogens (tertiary/aromatic N) is 1. The molecule has 3 amide bonds. The number of carbonyl (C=O) groups excluding carboxylic acids is 3. The number of carbonyl (C=O) groups is 3. The molecular formula is C42H31FN4O3S2. The summed E-state index contributed by atoms with van der Waals surface area (Å²) in [4.78, 5) is 41.3. The van der Waals surface area contributed by atoms with Gasteiger partial charge in [0.05, 0.1) is 5.56 Å². The second-order valence-electron chi connectivity index (χ2n) is 11.6. The van der Waals surface area contributed by atoms with Gasteiger partial charge in [-0.05, 0) is 60.5 Å². The van der Waals surface area contributed by atoms with Crippen LogP contribution >= 0.6 is 23.1 Å². The van der Waals surface area contributed by atoms with Crippen molar-refractivity contribution in [2.45, 2.75) is 17.1 Å². The number of thiophene rings is 1. The lowest BCUT2D eigenvalue weighted by molar-refractivity contribution is -0.116.